The van der Waals surface area contributed by atoms with Gasteiger partial charge in [0.05, 0.1) is 0 Å². The molecule has 0 aliphatic carbocycles. The molecule has 1 aliphatic rings. The van der Waals surface area contributed by atoms with E-state index in [4.69, 9.17) is 5.73 Å². The third-order valence-electron chi connectivity index (χ3n) is 3.83. The van der Waals surface area contributed by atoms with Crippen LogP contribution in [0.2, 0.25) is 0 Å². The predicted molar refractivity (Wildman–Crippen MR) is 78.1 cm³/mol. The molecular weight excluding hydrogens is 236 g/mol. The molecule has 0 bridgehead atoms. The topological polar surface area (TPSA) is 46.3 Å². The Balaban J connectivity index is 2.05. The van der Waals surface area contributed by atoms with E-state index < -0.39 is 0 Å². The smallest absolute Gasteiger partial charge is 0.254 e. The number of piperidine rings is 1. The van der Waals surface area contributed by atoms with Crippen LogP contribution >= 0.6 is 0 Å². The van der Waals surface area contributed by atoms with Crippen LogP contribution in [-0.4, -0.2) is 23.9 Å². The van der Waals surface area contributed by atoms with Crippen LogP contribution in [0.15, 0.2) is 36.4 Å². The molecule has 0 spiro atoms. The largest absolute Gasteiger partial charge is 0.398 e. The van der Waals surface area contributed by atoms with E-state index in [0.29, 0.717) is 0 Å². The first-order valence-corrected chi connectivity index (χ1v) is 6.84. The molecule has 98 valence electrons. The lowest BCUT2D eigenvalue weighted by Crippen LogP contribution is -2.35. The number of likely N-dealkylation sites (tertiary alicyclic amines) is 1. The molecule has 0 atom stereocenters. The van der Waals surface area contributed by atoms with Crippen LogP contribution in [0, 0.1) is 0 Å². The fraction of sp³-hybridized carbons (Fsp3) is 0.312. The summed E-state index contributed by atoms with van der Waals surface area (Å²) in [6, 6.07) is 11.5. The zero-order valence-electron chi connectivity index (χ0n) is 10.9. The summed E-state index contributed by atoms with van der Waals surface area (Å²) in [5.41, 5.74) is 7.48. The number of hydrogen-bond acceptors (Lipinski definition) is 2. The van der Waals surface area contributed by atoms with Gasteiger partial charge in [0.15, 0.2) is 0 Å². The second-order valence-corrected chi connectivity index (χ2v) is 5.10. The third-order valence-corrected chi connectivity index (χ3v) is 3.83. The van der Waals surface area contributed by atoms with E-state index in [1.807, 2.05) is 41.3 Å². The molecule has 3 rings (SSSR count). The number of nitrogens with zero attached hydrogens (tertiary/aromatic N) is 1. The molecule has 1 amide bonds. The Hall–Kier alpha value is -2.03. The number of nitrogens with two attached hydrogens (primary N) is 1. The minimum atomic E-state index is 0.135. The highest BCUT2D eigenvalue weighted by molar-refractivity contribution is 6.10. The van der Waals surface area contributed by atoms with Crippen molar-refractivity contribution in [2.45, 2.75) is 19.3 Å². The SMILES string of the molecule is Nc1ccc(C(=O)N2CCCCC2)c2ccccc12. The van der Waals surface area contributed by atoms with Crippen LogP contribution in [-0.2, 0) is 0 Å². The van der Waals surface area contributed by atoms with Crippen LogP contribution in [0.3, 0.4) is 0 Å². The summed E-state index contributed by atoms with van der Waals surface area (Å²) >= 11 is 0. The van der Waals surface area contributed by atoms with E-state index in [0.717, 1.165) is 48.0 Å². The molecule has 3 heteroatoms. The molecule has 0 aromatic heterocycles. The number of amides is 1. The summed E-state index contributed by atoms with van der Waals surface area (Å²) in [7, 11) is 0. The average Bonchev–Trinajstić information content (AvgIpc) is 2.48. The number of carbonyl (C=O) groups excluding carboxylic acids is 1. The molecule has 0 unspecified atom stereocenters. The van der Waals surface area contributed by atoms with Crippen molar-refractivity contribution in [3.05, 3.63) is 42.0 Å². The highest BCUT2D eigenvalue weighted by atomic mass is 16.2. The van der Waals surface area contributed by atoms with Crippen LogP contribution in [0.25, 0.3) is 10.8 Å². The molecule has 19 heavy (non-hydrogen) atoms. The van der Waals surface area contributed by atoms with Gasteiger partial charge in [0.2, 0.25) is 0 Å². The van der Waals surface area contributed by atoms with Crippen molar-refractivity contribution in [3.63, 3.8) is 0 Å². The van der Waals surface area contributed by atoms with Gasteiger partial charge in [-0.1, -0.05) is 24.3 Å². The Morgan fingerprint density at radius 3 is 2.37 bits per heavy atom. The summed E-state index contributed by atoms with van der Waals surface area (Å²) in [5.74, 6) is 0.135. The quantitative estimate of drug-likeness (QED) is 0.795. The molecule has 2 aromatic carbocycles. The summed E-state index contributed by atoms with van der Waals surface area (Å²) in [6.07, 6.45) is 3.45. The first-order valence-electron chi connectivity index (χ1n) is 6.84. The van der Waals surface area contributed by atoms with Crippen molar-refractivity contribution in [2.24, 2.45) is 0 Å². The molecule has 1 aliphatic heterocycles. The molecule has 0 saturated carbocycles. The molecule has 2 N–H and O–H groups in total. The summed E-state index contributed by atoms with van der Waals surface area (Å²) in [4.78, 5) is 14.6. The van der Waals surface area contributed by atoms with E-state index in [9.17, 15) is 4.79 Å². The van der Waals surface area contributed by atoms with Crippen molar-refractivity contribution in [1.29, 1.82) is 0 Å². The number of carbonyl (C=O) groups is 1. The maximum Gasteiger partial charge on any atom is 0.254 e. The van der Waals surface area contributed by atoms with E-state index >= 15 is 0 Å². The number of anilines is 1. The number of benzene rings is 2. The lowest BCUT2D eigenvalue weighted by molar-refractivity contribution is 0.0726. The molecule has 1 fully saturated rings. The number of fused-ring (bicyclic) bond motifs is 1. The van der Waals surface area contributed by atoms with Crippen LogP contribution < -0.4 is 5.73 Å². The highest BCUT2D eigenvalue weighted by Crippen LogP contribution is 2.26. The zero-order valence-corrected chi connectivity index (χ0v) is 10.9. The third kappa shape index (κ3) is 2.16. The van der Waals surface area contributed by atoms with Gasteiger partial charge in [-0.2, -0.15) is 0 Å². The summed E-state index contributed by atoms with van der Waals surface area (Å²) in [5, 5.41) is 1.92. The van der Waals surface area contributed by atoms with Crippen LogP contribution in [0.5, 0.6) is 0 Å². The molecule has 1 saturated heterocycles. The van der Waals surface area contributed by atoms with E-state index in [-0.39, 0.29) is 5.91 Å². The Bertz CT molecular complexity index is 615. The van der Waals surface area contributed by atoms with Crippen LogP contribution in [0.1, 0.15) is 29.6 Å². The van der Waals surface area contributed by atoms with Gasteiger partial charge in [0.25, 0.3) is 5.91 Å². The molecular formula is C16H18N2O. The number of nitrogen functional groups attached to an aromatic ring is 1. The first kappa shape index (κ1) is 12.0. The first-order chi connectivity index (χ1) is 9.27. The van der Waals surface area contributed by atoms with Crippen molar-refractivity contribution < 1.29 is 4.79 Å². The second-order valence-electron chi connectivity index (χ2n) is 5.10. The van der Waals surface area contributed by atoms with Crippen LogP contribution in [0.4, 0.5) is 5.69 Å². The second kappa shape index (κ2) is 4.92. The maximum atomic E-state index is 12.6. The summed E-state index contributed by atoms with van der Waals surface area (Å²) < 4.78 is 0. The highest BCUT2D eigenvalue weighted by Gasteiger charge is 2.20. The molecule has 2 aromatic rings. The van der Waals surface area contributed by atoms with Gasteiger partial charge in [0.1, 0.15) is 0 Å². The van der Waals surface area contributed by atoms with Crippen molar-refractivity contribution in [2.75, 3.05) is 18.8 Å². The maximum absolute atomic E-state index is 12.6. The normalized spacial score (nSPS) is 15.7. The zero-order chi connectivity index (χ0) is 13.2. The Morgan fingerprint density at radius 1 is 0.947 bits per heavy atom. The minimum Gasteiger partial charge on any atom is -0.398 e. The Kier molecular flexibility index (Phi) is 3.11. The minimum absolute atomic E-state index is 0.135. The molecule has 0 radical (unpaired) electrons. The van der Waals surface area contributed by atoms with Gasteiger partial charge < -0.3 is 10.6 Å². The number of rotatable bonds is 1. The van der Waals surface area contributed by atoms with Gasteiger partial charge >= 0.3 is 0 Å². The van der Waals surface area contributed by atoms with Crippen molar-refractivity contribution in [1.82, 2.24) is 4.90 Å². The predicted octanol–water partition coefficient (Wildman–Crippen LogP) is 3.05. The van der Waals surface area contributed by atoms with Gasteiger partial charge in [-0.25, -0.2) is 0 Å². The fourth-order valence-electron chi connectivity index (χ4n) is 2.78. The fourth-order valence-corrected chi connectivity index (χ4v) is 2.78. The van der Waals surface area contributed by atoms with E-state index in [1.54, 1.807) is 0 Å². The summed E-state index contributed by atoms with van der Waals surface area (Å²) in [6.45, 7) is 1.75. The van der Waals surface area contributed by atoms with Gasteiger partial charge in [-0.15, -0.1) is 0 Å². The lowest BCUT2D eigenvalue weighted by Gasteiger charge is -2.27. The van der Waals surface area contributed by atoms with Crippen molar-refractivity contribution >= 4 is 22.4 Å². The van der Waals surface area contributed by atoms with E-state index in [2.05, 4.69) is 0 Å². The Morgan fingerprint density at radius 2 is 1.63 bits per heavy atom. The van der Waals surface area contributed by atoms with Gasteiger partial charge in [-0.3, -0.25) is 4.79 Å². The number of hydrogen-bond donors (Lipinski definition) is 1. The van der Waals surface area contributed by atoms with Gasteiger partial charge in [-0.05, 0) is 36.8 Å². The monoisotopic (exact) mass is 254 g/mol. The van der Waals surface area contributed by atoms with E-state index in [1.165, 1.54) is 6.42 Å². The molecule has 3 nitrogen and oxygen atoms in total. The van der Waals surface area contributed by atoms with Gasteiger partial charge in [0, 0.05) is 29.7 Å². The van der Waals surface area contributed by atoms with Crippen molar-refractivity contribution in [3.8, 4) is 0 Å². The molecule has 1 heterocycles. The Labute approximate surface area is 113 Å². The lowest BCUT2D eigenvalue weighted by atomic mass is 10.0. The standard InChI is InChI=1S/C16H18N2O/c17-15-9-8-14(12-6-2-3-7-13(12)15)16(19)18-10-4-1-5-11-18/h2-3,6-9H,1,4-5,10-11,17H2. The average molecular weight is 254 g/mol.